The molecule has 0 aromatic heterocycles. The van der Waals surface area contributed by atoms with E-state index in [1.165, 1.54) is 0 Å². The van der Waals surface area contributed by atoms with Crippen LogP contribution in [0.3, 0.4) is 0 Å². The van der Waals surface area contributed by atoms with Gasteiger partial charge in [0.1, 0.15) is 6.23 Å². The SMILES string of the molecule is CC1N=C(N)N(C)CCO1. The number of ether oxygens (including phenoxy) is 1. The third-order valence-electron chi connectivity index (χ3n) is 1.49. The lowest BCUT2D eigenvalue weighted by Gasteiger charge is -2.13. The van der Waals surface area contributed by atoms with E-state index in [1.807, 2.05) is 18.9 Å². The molecule has 4 nitrogen and oxygen atoms in total. The van der Waals surface area contributed by atoms with Gasteiger partial charge in [0.2, 0.25) is 0 Å². The van der Waals surface area contributed by atoms with E-state index >= 15 is 0 Å². The number of rotatable bonds is 0. The van der Waals surface area contributed by atoms with Crippen LogP contribution in [0.1, 0.15) is 6.92 Å². The quantitative estimate of drug-likeness (QED) is 0.502. The Kier molecular flexibility index (Phi) is 2.11. The number of likely N-dealkylation sites (N-methyl/N-ethyl adjacent to an activating group) is 1. The van der Waals surface area contributed by atoms with Gasteiger partial charge in [0.05, 0.1) is 6.61 Å². The van der Waals surface area contributed by atoms with E-state index in [2.05, 4.69) is 4.99 Å². The van der Waals surface area contributed by atoms with Gasteiger partial charge in [-0.3, -0.25) is 0 Å². The summed E-state index contributed by atoms with van der Waals surface area (Å²) in [4.78, 5) is 5.93. The maximum absolute atomic E-state index is 5.56. The highest BCUT2D eigenvalue weighted by Gasteiger charge is 2.09. The average Bonchev–Trinajstić information content (AvgIpc) is 1.96. The summed E-state index contributed by atoms with van der Waals surface area (Å²) in [7, 11) is 1.90. The minimum atomic E-state index is -0.0926. The summed E-state index contributed by atoms with van der Waals surface area (Å²) in [6.07, 6.45) is -0.0926. The minimum Gasteiger partial charge on any atom is -0.370 e. The number of hydrogen-bond acceptors (Lipinski definition) is 4. The highest BCUT2D eigenvalue weighted by molar-refractivity contribution is 5.77. The highest BCUT2D eigenvalue weighted by Crippen LogP contribution is 1.98. The van der Waals surface area contributed by atoms with E-state index in [0.717, 1.165) is 6.54 Å². The smallest absolute Gasteiger partial charge is 0.193 e. The molecule has 0 saturated heterocycles. The summed E-state index contributed by atoms with van der Waals surface area (Å²) in [5, 5.41) is 0. The monoisotopic (exact) mass is 143 g/mol. The molecule has 1 heterocycles. The zero-order valence-electron chi connectivity index (χ0n) is 6.37. The highest BCUT2D eigenvalue weighted by atomic mass is 16.5. The summed E-state index contributed by atoms with van der Waals surface area (Å²) in [6, 6.07) is 0. The molecule has 58 valence electrons. The Bertz CT molecular complexity index is 146. The van der Waals surface area contributed by atoms with E-state index in [9.17, 15) is 0 Å². The molecule has 0 amide bonds. The third-order valence-corrected chi connectivity index (χ3v) is 1.49. The predicted octanol–water partition coefficient (Wildman–Crippen LogP) is -0.391. The Hall–Kier alpha value is -0.770. The summed E-state index contributed by atoms with van der Waals surface area (Å²) in [6.45, 7) is 3.40. The van der Waals surface area contributed by atoms with Crippen molar-refractivity contribution < 1.29 is 4.74 Å². The number of hydrogen-bond donors (Lipinski definition) is 1. The minimum absolute atomic E-state index is 0.0926. The van der Waals surface area contributed by atoms with Crippen LogP contribution in [0, 0.1) is 0 Å². The van der Waals surface area contributed by atoms with Crippen molar-refractivity contribution in [2.75, 3.05) is 20.2 Å². The van der Waals surface area contributed by atoms with Crippen molar-refractivity contribution in [2.45, 2.75) is 13.2 Å². The first-order valence-electron chi connectivity index (χ1n) is 3.36. The maximum Gasteiger partial charge on any atom is 0.193 e. The molecule has 4 heteroatoms. The van der Waals surface area contributed by atoms with Crippen LogP contribution < -0.4 is 5.73 Å². The second kappa shape index (κ2) is 2.88. The van der Waals surface area contributed by atoms with Crippen LogP contribution in [0.25, 0.3) is 0 Å². The van der Waals surface area contributed by atoms with Gasteiger partial charge < -0.3 is 15.4 Å². The molecular weight excluding hydrogens is 130 g/mol. The third kappa shape index (κ3) is 1.60. The number of aliphatic imine (C=N–C) groups is 1. The van der Waals surface area contributed by atoms with Crippen LogP contribution in [-0.4, -0.2) is 37.3 Å². The summed E-state index contributed by atoms with van der Waals surface area (Å²) in [5.41, 5.74) is 5.56. The van der Waals surface area contributed by atoms with Gasteiger partial charge in [-0.1, -0.05) is 0 Å². The van der Waals surface area contributed by atoms with Crippen molar-refractivity contribution in [1.29, 1.82) is 0 Å². The van der Waals surface area contributed by atoms with Gasteiger partial charge in [-0.25, -0.2) is 4.99 Å². The fourth-order valence-corrected chi connectivity index (χ4v) is 0.797. The molecule has 0 fully saturated rings. The Balaban J connectivity index is 2.61. The summed E-state index contributed by atoms with van der Waals surface area (Å²) < 4.78 is 5.23. The Morgan fingerprint density at radius 1 is 1.80 bits per heavy atom. The Morgan fingerprint density at radius 3 is 3.20 bits per heavy atom. The van der Waals surface area contributed by atoms with Crippen LogP contribution >= 0.6 is 0 Å². The molecule has 1 aliphatic heterocycles. The van der Waals surface area contributed by atoms with E-state index in [-0.39, 0.29) is 6.23 Å². The lowest BCUT2D eigenvalue weighted by atomic mass is 10.6. The van der Waals surface area contributed by atoms with Crippen LogP contribution in [-0.2, 0) is 4.74 Å². The van der Waals surface area contributed by atoms with Crippen molar-refractivity contribution in [3.63, 3.8) is 0 Å². The summed E-state index contributed by atoms with van der Waals surface area (Å²) in [5.74, 6) is 0.560. The molecule has 1 atom stereocenters. The van der Waals surface area contributed by atoms with Crippen molar-refractivity contribution >= 4 is 5.96 Å². The molecule has 1 unspecified atom stereocenters. The average molecular weight is 143 g/mol. The molecular formula is C6H13N3O. The molecule has 10 heavy (non-hydrogen) atoms. The molecule has 1 aliphatic rings. The molecule has 1 rings (SSSR count). The molecule has 0 bridgehead atoms. The van der Waals surface area contributed by atoms with Gasteiger partial charge in [-0.15, -0.1) is 0 Å². The van der Waals surface area contributed by atoms with Gasteiger partial charge in [0, 0.05) is 13.6 Å². The standard InChI is InChI=1S/C6H13N3O/c1-5-8-6(7)9(2)3-4-10-5/h5H,3-4H2,1-2H3,(H2,7,8). The van der Waals surface area contributed by atoms with Crippen molar-refractivity contribution in [3.8, 4) is 0 Å². The van der Waals surface area contributed by atoms with Crippen LogP contribution in [0.4, 0.5) is 0 Å². The van der Waals surface area contributed by atoms with E-state index in [0.29, 0.717) is 12.6 Å². The molecule has 0 saturated carbocycles. The molecule has 0 aromatic rings. The molecule has 0 aromatic carbocycles. The van der Waals surface area contributed by atoms with Crippen LogP contribution in [0.5, 0.6) is 0 Å². The number of guanidine groups is 1. The van der Waals surface area contributed by atoms with E-state index < -0.39 is 0 Å². The first-order chi connectivity index (χ1) is 4.70. The lowest BCUT2D eigenvalue weighted by molar-refractivity contribution is 0.0752. The maximum atomic E-state index is 5.56. The lowest BCUT2D eigenvalue weighted by Crippen LogP contribution is -2.34. The first kappa shape index (κ1) is 7.34. The zero-order chi connectivity index (χ0) is 7.56. The van der Waals surface area contributed by atoms with Gasteiger partial charge in [-0.05, 0) is 6.92 Å². The topological polar surface area (TPSA) is 50.8 Å². The van der Waals surface area contributed by atoms with Crippen molar-refractivity contribution in [3.05, 3.63) is 0 Å². The van der Waals surface area contributed by atoms with Crippen molar-refractivity contribution in [2.24, 2.45) is 10.7 Å². The molecule has 0 radical (unpaired) electrons. The number of nitrogens with zero attached hydrogens (tertiary/aromatic N) is 2. The largest absolute Gasteiger partial charge is 0.370 e. The van der Waals surface area contributed by atoms with E-state index in [4.69, 9.17) is 10.5 Å². The molecule has 2 N–H and O–H groups in total. The van der Waals surface area contributed by atoms with Crippen LogP contribution in [0.15, 0.2) is 4.99 Å². The fraction of sp³-hybridized carbons (Fsp3) is 0.833. The number of nitrogens with two attached hydrogens (primary N) is 1. The summed E-state index contributed by atoms with van der Waals surface area (Å²) >= 11 is 0. The van der Waals surface area contributed by atoms with E-state index in [1.54, 1.807) is 0 Å². The van der Waals surface area contributed by atoms with Gasteiger partial charge in [-0.2, -0.15) is 0 Å². The van der Waals surface area contributed by atoms with Crippen LogP contribution in [0.2, 0.25) is 0 Å². The van der Waals surface area contributed by atoms with Gasteiger partial charge >= 0.3 is 0 Å². The second-order valence-electron chi connectivity index (χ2n) is 2.38. The Morgan fingerprint density at radius 2 is 2.50 bits per heavy atom. The molecule has 0 aliphatic carbocycles. The normalized spacial score (nSPS) is 27.6. The van der Waals surface area contributed by atoms with Gasteiger partial charge in [0.25, 0.3) is 0 Å². The first-order valence-corrected chi connectivity index (χ1v) is 3.36. The zero-order valence-corrected chi connectivity index (χ0v) is 6.37. The van der Waals surface area contributed by atoms with Gasteiger partial charge in [0.15, 0.2) is 5.96 Å². The fourth-order valence-electron chi connectivity index (χ4n) is 0.797. The molecule has 0 spiro atoms. The predicted molar refractivity (Wildman–Crippen MR) is 39.7 cm³/mol. The second-order valence-corrected chi connectivity index (χ2v) is 2.38. The Labute approximate surface area is 60.7 Å². The van der Waals surface area contributed by atoms with Crippen molar-refractivity contribution in [1.82, 2.24) is 4.90 Å².